The number of piperidine rings is 1. The summed E-state index contributed by atoms with van der Waals surface area (Å²) in [6.45, 7) is 9.32. The van der Waals surface area contributed by atoms with Gasteiger partial charge in [0.05, 0.1) is 23.8 Å². The van der Waals surface area contributed by atoms with Crippen molar-refractivity contribution in [2.75, 3.05) is 51.7 Å². The lowest BCUT2D eigenvalue weighted by Crippen LogP contribution is -2.54. The maximum atomic E-state index is 13.3. The standard InChI is InChI=1S/C27H37N5O7/c1-27(2,3)39-26(37)30(4)11-6-12-31-13-14-38-17(16-31)15-28-19-8-5-7-18-22(19)25(36)32(24(18)35)20-9-10-21(33)29-23(20)34/h5,7-8,17,20,28H,6,9-16H2,1-4H3,(H,29,33,34). The Hall–Kier alpha value is -3.51. The van der Waals surface area contributed by atoms with Crippen LogP contribution in [0.25, 0.3) is 0 Å². The maximum Gasteiger partial charge on any atom is 0.410 e. The number of hydrogen-bond acceptors (Lipinski definition) is 9. The van der Waals surface area contributed by atoms with Crippen LogP contribution in [0.4, 0.5) is 10.5 Å². The van der Waals surface area contributed by atoms with Gasteiger partial charge in [-0.3, -0.25) is 34.3 Å². The highest BCUT2D eigenvalue weighted by molar-refractivity contribution is 6.25. The molecule has 2 saturated heterocycles. The first-order valence-electron chi connectivity index (χ1n) is 13.3. The third-order valence-corrected chi connectivity index (χ3v) is 6.88. The van der Waals surface area contributed by atoms with E-state index in [0.29, 0.717) is 31.9 Å². The molecule has 1 aromatic rings. The van der Waals surface area contributed by atoms with Crippen molar-refractivity contribution in [3.8, 4) is 0 Å². The van der Waals surface area contributed by atoms with Crippen molar-refractivity contribution in [2.24, 2.45) is 0 Å². The van der Waals surface area contributed by atoms with E-state index in [1.54, 1.807) is 30.1 Å². The first-order valence-corrected chi connectivity index (χ1v) is 13.3. The van der Waals surface area contributed by atoms with Crippen molar-refractivity contribution in [2.45, 2.75) is 57.8 Å². The summed E-state index contributed by atoms with van der Waals surface area (Å²) in [5, 5.41) is 5.47. The van der Waals surface area contributed by atoms with Crippen LogP contribution in [-0.2, 0) is 19.1 Å². The normalized spacial score (nSPS) is 22.0. The molecule has 3 aliphatic rings. The first kappa shape index (κ1) is 28.5. The van der Waals surface area contributed by atoms with Crippen LogP contribution in [0.2, 0.25) is 0 Å². The molecule has 0 radical (unpaired) electrons. The number of carbonyl (C=O) groups is 5. The lowest BCUT2D eigenvalue weighted by Gasteiger charge is -2.33. The van der Waals surface area contributed by atoms with Crippen LogP contribution in [-0.4, -0.2) is 109 Å². The van der Waals surface area contributed by atoms with Gasteiger partial charge in [-0.15, -0.1) is 0 Å². The molecule has 3 aliphatic heterocycles. The summed E-state index contributed by atoms with van der Waals surface area (Å²) >= 11 is 0. The van der Waals surface area contributed by atoms with Crippen molar-refractivity contribution in [1.82, 2.24) is 20.0 Å². The summed E-state index contributed by atoms with van der Waals surface area (Å²) in [7, 11) is 1.73. The van der Waals surface area contributed by atoms with Crippen LogP contribution < -0.4 is 10.6 Å². The number of nitrogens with zero attached hydrogens (tertiary/aromatic N) is 3. The maximum absolute atomic E-state index is 13.3. The van der Waals surface area contributed by atoms with E-state index in [4.69, 9.17) is 9.47 Å². The molecule has 5 amide bonds. The molecule has 2 fully saturated rings. The van der Waals surface area contributed by atoms with Gasteiger partial charge in [0.25, 0.3) is 11.8 Å². The Bertz CT molecular complexity index is 1150. The predicted octanol–water partition coefficient (Wildman–Crippen LogP) is 1.46. The molecule has 12 heteroatoms. The summed E-state index contributed by atoms with van der Waals surface area (Å²) in [6.07, 6.45) is 0.484. The molecule has 0 aromatic heterocycles. The zero-order chi connectivity index (χ0) is 28.3. The largest absolute Gasteiger partial charge is 0.444 e. The highest BCUT2D eigenvalue weighted by Crippen LogP contribution is 2.32. The van der Waals surface area contributed by atoms with Gasteiger partial charge in [0, 0.05) is 51.9 Å². The van der Waals surface area contributed by atoms with Crippen LogP contribution in [0.5, 0.6) is 0 Å². The third kappa shape index (κ3) is 6.74. The Kier molecular flexibility index (Phi) is 8.55. The van der Waals surface area contributed by atoms with Crippen molar-refractivity contribution in [1.29, 1.82) is 0 Å². The Morgan fingerprint density at radius 3 is 2.69 bits per heavy atom. The second kappa shape index (κ2) is 11.7. The molecule has 2 unspecified atom stereocenters. The molecule has 1 aromatic carbocycles. The number of anilines is 1. The first-order chi connectivity index (χ1) is 18.4. The average Bonchev–Trinajstić information content (AvgIpc) is 3.12. The summed E-state index contributed by atoms with van der Waals surface area (Å²) in [5.41, 5.74) is 0.427. The van der Waals surface area contributed by atoms with Crippen LogP contribution >= 0.6 is 0 Å². The van der Waals surface area contributed by atoms with Crippen LogP contribution in [0.15, 0.2) is 18.2 Å². The number of morpholine rings is 1. The average molecular weight is 544 g/mol. The number of imide groups is 2. The van der Waals surface area contributed by atoms with Crippen molar-refractivity contribution < 1.29 is 33.4 Å². The highest BCUT2D eigenvalue weighted by atomic mass is 16.6. The van der Waals surface area contributed by atoms with Gasteiger partial charge in [0.15, 0.2) is 0 Å². The SMILES string of the molecule is CN(CCCN1CCOC(CNc2cccc3c2C(=O)N(C2CCC(=O)NC2=O)C3=O)C1)C(=O)OC(C)(C)C. The third-order valence-electron chi connectivity index (χ3n) is 6.88. The monoisotopic (exact) mass is 543 g/mol. The molecule has 12 nitrogen and oxygen atoms in total. The summed E-state index contributed by atoms with van der Waals surface area (Å²) in [4.78, 5) is 67.2. The zero-order valence-electron chi connectivity index (χ0n) is 23.0. The fraction of sp³-hybridized carbons (Fsp3) is 0.593. The van der Waals surface area contributed by atoms with Gasteiger partial charge in [-0.2, -0.15) is 0 Å². The molecule has 3 heterocycles. The van der Waals surface area contributed by atoms with E-state index in [2.05, 4.69) is 15.5 Å². The van der Waals surface area contributed by atoms with E-state index in [1.807, 2.05) is 20.8 Å². The molecule has 0 bridgehead atoms. The lowest BCUT2D eigenvalue weighted by molar-refractivity contribution is -0.136. The van der Waals surface area contributed by atoms with Gasteiger partial charge in [-0.1, -0.05) is 6.07 Å². The van der Waals surface area contributed by atoms with E-state index in [0.717, 1.165) is 24.4 Å². The minimum atomic E-state index is -1.01. The molecule has 39 heavy (non-hydrogen) atoms. The van der Waals surface area contributed by atoms with Gasteiger partial charge in [-0.05, 0) is 45.7 Å². The fourth-order valence-corrected chi connectivity index (χ4v) is 4.96. The molecular weight excluding hydrogens is 506 g/mol. The molecule has 0 aliphatic carbocycles. The number of amides is 5. The van der Waals surface area contributed by atoms with Crippen LogP contribution in [0, 0.1) is 0 Å². The van der Waals surface area contributed by atoms with Crippen molar-refractivity contribution in [3.63, 3.8) is 0 Å². The molecule has 212 valence electrons. The lowest BCUT2D eigenvalue weighted by atomic mass is 10.0. The minimum absolute atomic E-state index is 0.0712. The van der Waals surface area contributed by atoms with Gasteiger partial charge in [-0.25, -0.2) is 4.79 Å². The fourth-order valence-electron chi connectivity index (χ4n) is 4.96. The van der Waals surface area contributed by atoms with Gasteiger partial charge in [0.1, 0.15) is 11.6 Å². The Labute approximate surface area is 227 Å². The number of rotatable bonds is 8. The second-order valence-corrected chi connectivity index (χ2v) is 11.1. The molecule has 0 saturated carbocycles. The van der Waals surface area contributed by atoms with E-state index in [9.17, 15) is 24.0 Å². The quantitative estimate of drug-likeness (QED) is 0.467. The van der Waals surface area contributed by atoms with Crippen LogP contribution in [0.3, 0.4) is 0 Å². The van der Waals surface area contributed by atoms with Crippen LogP contribution in [0.1, 0.15) is 60.7 Å². The van der Waals surface area contributed by atoms with Gasteiger partial charge < -0.3 is 19.7 Å². The van der Waals surface area contributed by atoms with E-state index in [1.165, 1.54) is 0 Å². The Morgan fingerprint density at radius 2 is 1.97 bits per heavy atom. The summed E-state index contributed by atoms with van der Waals surface area (Å²) in [5.74, 6) is -2.13. The molecule has 0 spiro atoms. The van der Waals surface area contributed by atoms with Gasteiger partial charge in [0.2, 0.25) is 11.8 Å². The zero-order valence-corrected chi connectivity index (χ0v) is 23.0. The predicted molar refractivity (Wildman–Crippen MR) is 141 cm³/mol. The number of carbonyl (C=O) groups excluding carboxylic acids is 5. The number of hydrogen-bond donors (Lipinski definition) is 2. The molecular formula is C27H37N5O7. The summed E-state index contributed by atoms with van der Waals surface area (Å²) < 4.78 is 11.3. The van der Waals surface area contributed by atoms with E-state index < -0.39 is 35.3 Å². The van der Waals surface area contributed by atoms with Gasteiger partial charge >= 0.3 is 6.09 Å². The second-order valence-electron chi connectivity index (χ2n) is 11.1. The van der Waals surface area contributed by atoms with E-state index in [-0.39, 0.29) is 36.2 Å². The Balaban J connectivity index is 1.31. The number of fused-ring (bicyclic) bond motifs is 1. The van der Waals surface area contributed by atoms with E-state index >= 15 is 0 Å². The highest BCUT2D eigenvalue weighted by Gasteiger charge is 2.45. The molecule has 2 N–H and O–H groups in total. The van der Waals surface area contributed by atoms with Crippen molar-refractivity contribution >= 4 is 35.4 Å². The van der Waals surface area contributed by atoms with Crippen molar-refractivity contribution in [3.05, 3.63) is 29.3 Å². The smallest absolute Gasteiger partial charge is 0.410 e. The topological polar surface area (TPSA) is 138 Å². The Morgan fingerprint density at radius 1 is 1.21 bits per heavy atom. The number of ether oxygens (including phenoxy) is 2. The molecule has 4 rings (SSSR count). The molecule has 2 atom stereocenters. The number of nitrogens with one attached hydrogen (secondary N) is 2. The summed E-state index contributed by atoms with van der Waals surface area (Å²) in [6, 6.07) is 3.98. The minimum Gasteiger partial charge on any atom is -0.444 e. The number of benzene rings is 1.